The largest absolute Gasteiger partial charge is 0.325 e. The van der Waals surface area contributed by atoms with Crippen LogP contribution in [0.4, 0.5) is 10.1 Å². The van der Waals surface area contributed by atoms with E-state index in [0.29, 0.717) is 5.56 Å². The maximum absolute atomic E-state index is 14.2. The predicted molar refractivity (Wildman–Crippen MR) is 117 cm³/mol. The lowest BCUT2D eigenvalue weighted by molar-refractivity contribution is -0.120. The zero-order valence-electron chi connectivity index (χ0n) is 17.4. The Hall–Kier alpha value is -3.47. The second kappa shape index (κ2) is 9.35. The summed E-state index contributed by atoms with van der Waals surface area (Å²) in [4.78, 5) is 27.7. The number of likely N-dealkylation sites (N-methyl/N-ethyl adjacent to an activating group) is 1. The van der Waals surface area contributed by atoms with Crippen molar-refractivity contribution in [2.75, 3.05) is 12.4 Å². The average molecular weight is 404 g/mol. The first-order valence-electron chi connectivity index (χ1n) is 9.90. The van der Waals surface area contributed by atoms with Crippen LogP contribution in [0.2, 0.25) is 0 Å². The number of halogens is 1. The van der Waals surface area contributed by atoms with Gasteiger partial charge in [0.25, 0.3) is 11.8 Å². The Balaban J connectivity index is 1.99. The van der Waals surface area contributed by atoms with Crippen LogP contribution < -0.4 is 5.32 Å². The summed E-state index contributed by atoms with van der Waals surface area (Å²) < 4.78 is 14.2. The maximum Gasteiger partial charge on any atom is 0.257 e. The molecule has 0 radical (unpaired) electrons. The van der Waals surface area contributed by atoms with Crippen LogP contribution in [0.1, 0.15) is 40.0 Å². The summed E-state index contributed by atoms with van der Waals surface area (Å²) in [6, 6.07) is 19.7. The SMILES string of the molecule is CCc1cccc(C)c1NC(=O)[C@H](c1ccccc1)N(C)C(=O)c1ccccc1F. The number of hydrogen-bond donors (Lipinski definition) is 1. The van der Waals surface area contributed by atoms with E-state index in [1.807, 2.05) is 50.2 Å². The van der Waals surface area contributed by atoms with E-state index in [1.165, 1.54) is 30.1 Å². The zero-order chi connectivity index (χ0) is 21.7. The summed E-state index contributed by atoms with van der Waals surface area (Å²) in [6.45, 7) is 3.95. The molecule has 0 aliphatic carbocycles. The number of amides is 2. The van der Waals surface area contributed by atoms with Crippen LogP contribution in [0.3, 0.4) is 0 Å². The lowest BCUT2D eigenvalue weighted by Crippen LogP contribution is -2.39. The average Bonchev–Trinajstić information content (AvgIpc) is 2.76. The number of anilines is 1. The van der Waals surface area contributed by atoms with Crippen molar-refractivity contribution in [3.05, 3.63) is 101 Å². The quantitative estimate of drug-likeness (QED) is 0.618. The first-order valence-corrected chi connectivity index (χ1v) is 9.90. The molecule has 4 nitrogen and oxygen atoms in total. The summed E-state index contributed by atoms with van der Waals surface area (Å²) in [6.07, 6.45) is 0.761. The first-order chi connectivity index (χ1) is 14.4. The maximum atomic E-state index is 14.2. The van der Waals surface area contributed by atoms with Gasteiger partial charge in [-0.15, -0.1) is 0 Å². The van der Waals surface area contributed by atoms with Crippen molar-refractivity contribution >= 4 is 17.5 Å². The molecule has 0 saturated heterocycles. The summed E-state index contributed by atoms with van der Waals surface area (Å²) in [5, 5.41) is 3.00. The van der Waals surface area contributed by atoms with Crippen molar-refractivity contribution in [3.8, 4) is 0 Å². The highest BCUT2D eigenvalue weighted by Crippen LogP contribution is 2.27. The molecule has 5 heteroatoms. The van der Waals surface area contributed by atoms with Gasteiger partial charge in [-0.25, -0.2) is 4.39 Å². The van der Waals surface area contributed by atoms with Crippen LogP contribution in [0.15, 0.2) is 72.8 Å². The van der Waals surface area contributed by atoms with Gasteiger partial charge in [-0.3, -0.25) is 9.59 Å². The third-order valence-corrected chi connectivity index (χ3v) is 5.16. The molecule has 3 aromatic rings. The van der Waals surface area contributed by atoms with Crippen molar-refractivity contribution in [3.63, 3.8) is 0 Å². The van der Waals surface area contributed by atoms with E-state index < -0.39 is 17.8 Å². The number of aryl methyl sites for hydroxylation is 2. The summed E-state index contributed by atoms with van der Waals surface area (Å²) >= 11 is 0. The van der Waals surface area contributed by atoms with Gasteiger partial charge in [-0.05, 0) is 42.2 Å². The summed E-state index contributed by atoms with van der Waals surface area (Å²) in [5.41, 5.74) is 3.28. The molecule has 0 aliphatic heterocycles. The standard InChI is InChI=1S/C25H25FN2O2/c1-4-18-14-10-11-17(2)22(18)27-24(29)23(19-12-6-5-7-13-19)28(3)25(30)20-15-8-9-16-21(20)26/h5-16,23H,4H2,1-3H3,(H,27,29)/t23-/m0/s1. The Morgan fingerprint density at radius 1 is 0.967 bits per heavy atom. The first kappa shape index (κ1) is 21.2. The Morgan fingerprint density at radius 2 is 1.63 bits per heavy atom. The van der Waals surface area contributed by atoms with Gasteiger partial charge >= 0.3 is 0 Å². The molecule has 1 atom stereocenters. The van der Waals surface area contributed by atoms with E-state index >= 15 is 0 Å². The smallest absolute Gasteiger partial charge is 0.257 e. The minimum atomic E-state index is -0.914. The molecule has 0 bridgehead atoms. The Kier molecular flexibility index (Phi) is 6.62. The molecular weight excluding hydrogens is 379 g/mol. The zero-order valence-corrected chi connectivity index (χ0v) is 17.4. The molecule has 0 heterocycles. The Bertz CT molecular complexity index is 1050. The molecule has 3 rings (SSSR count). The van der Waals surface area contributed by atoms with Crippen LogP contribution >= 0.6 is 0 Å². The molecule has 0 spiro atoms. The van der Waals surface area contributed by atoms with Crippen molar-refractivity contribution < 1.29 is 14.0 Å². The van der Waals surface area contributed by atoms with Crippen molar-refractivity contribution in [2.45, 2.75) is 26.3 Å². The van der Waals surface area contributed by atoms with Crippen molar-refractivity contribution in [2.24, 2.45) is 0 Å². The molecule has 1 N–H and O–H groups in total. The van der Waals surface area contributed by atoms with E-state index in [0.717, 1.165) is 23.2 Å². The third-order valence-electron chi connectivity index (χ3n) is 5.16. The molecule has 0 unspecified atom stereocenters. The van der Waals surface area contributed by atoms with Gasteiger partial charge in [0, 0.05) is 12.7 Å². The molecule has 0 aromatic heterocycles. The fraction of sp³-hybridized carbons (Fsp3) is 0.200. The number of benzene rings is 3. The van der Waals surface area contributed by atoms with Crippen LogP contribution in [-0.4, -0.2) is 23.8 Å². The molecular formula is C25H25FN2O2. The Labute approximate surface area is 176 Å². The van der Waals surface area contributed by atoms with Gasteiger partial charge in [0.15, 0.2) is 0 Å². The van der Waals surface area contributed by atoms with Crippen LogP contribution in [0.25, 0.3) is 0 Å². The van der Waals surface area contributed by atoms with E-state index in [1.54, 1.807) is 18.2 Å². The van der Waals surface area contributed by atoms with Crippen molar-refractivity contribution in [1.29, 1.82) is 0 Å². The van der Waals surface area contributed by atoms with Crippen LogP contribution in [-0.2, 0) is 11.2 Å². The molecule has 0 aliphatic rings. The van der Waals surface area contributed by atoms with E-state index in [2.05, 4.69) is 5.32 Å². The number of nitrogens with one attached hydrogen (secondary N) is 1. The van der Waals surface area contributed by atoms with Crippen molar-refractivity contribution in [1.82, 2.24) is 4.90 Å². The fourth-order valence-corrected chi connectivity index (χ4v) is 3.52. The molecule has 3 aromatic carbocycles. The molecule has 0 fully saturated rings. The lowest BCUT2D eigenvalue weighted by Gasteiger charge is -2.28. The monoisotopic (exact) mass is 404 g/mol. The number of hydrogen-bond acceptors (Lipinski definition) is 2. The van der Waals surface area contributed by atoms with Crippen LogP contribution in [0, 0.1) is 12.7 Å². The second-order valence-corrected chi connectivity index (χ2v) is 7.16. The number of rotatable bonds is 6. The number of nitrogens with zero attached hydrogens (tertiary/aromatic N) is 1. The third kappa shape index (κ3) is 4.40. The van der Waals surface area contributed by atoms with Gasteiger partial charge in [0.05, 0.1) is 5.56 Å². The molecule has 154 valence electrons. The minimum absolute atomic E-state index is 0.0705. The summed E-state index contributed by atoms with van der Waals surface area (Å²) in [5.74, 6) is -1.52. The molecule has 2 amide bonds. The highest BCUT2D eigenvalue weighted by Gasteiger charge is 2.30. The Morgan fingerprint density at radius 3 is 2.30 bits per heavy atom. The minimum Gasteiger partial charge on any atom is -0.325 e. The molecule has 30 heavy (non-hydrogen) atoms. The van der Waals surface area contributed by atoms with E-state index in [4.69, 9.17) is 0 Å². The topological polar surface area (TPSA) is 49.4 Å². The fourth-order valence-electron chi connectivity index (χ4n) is 3.52. The second-order valence-electron chi connectivity index (χ2n) is 7.16. The van der Waals surface area contributed by atoms with Gasteiger partial charge in [-0.1, -0.05) is 67.6 Å². The van der Waals surface area contributed by atoms with E-state index in [9.17, 15) is 14.0 Å². The number of para-hydroxylation sites is 1. The number of carbonyl (C=O) groups excluding carboxylic acids is 2. The van der Waals surface area contributed by atoms with E-state index in [-0.39, 0.29) is 11.5 Å². The lowest BCUT2D eigenvalue weighted by atomic mass is 10.0. The predicted octanol–water partition coefficient (Wildman–Crippen LogP) is 5.15. The van der Waals surface area contributed by atoms with Crippen LogP contribution in [0.5, 0.6) is 0 Å². The normalized spacial score (nSPS) is 11.6. The highest BCUT2D eigenvalue weighted by molar-refractivity contribution is 6.02. The van der Waals surface area contributed by atoms with Gasteiger partial charge in [0.1, 0.15) is 11.9 Å². The highest BCUT2D eigenvalue weighted by atomic mass is 19.1. The van der Waals surface area contributed by atoms with Gasteiger partial charge in [0.2, 0.25) is 0 Å². The van der Waals surface area contributed by atoms with Gasteiger partial charge < -0.3 is 10.2 Å². The number of carbonyl (C=O) groups is 2. The molecule has 0 saturated carbocycles. The summed E-state index contributed by atoms with van der Waals surface area (Å²) in [7, 11) is 1.52. The van der Waals surface area contributed by atoms with Gasteiger partial charge in [-0.2, -0.15) is 0 Å².